The van der Waals surface area contributed by atoms with Gasteiger partial charge in [0.15, 0.2) is 0 Å². The molecule has 1 amide bonds. The number of hydrogen-bond acceptors (Lipinski definition) is 3. The maximum absolute atomic E-state index is 12.4. The lowest BCUT2D eigenvalue weighted by molar-refractivity contribution is -0.119. The highest BCUT2D eigenvalue weighted by atomic mass is 35.5. The van der Waals surface area contributed by atoms with Crippen LogP contribution in [0.15, 0.2) is 18.2 Å². The number of nitrogens with one attached hydrogen (secondary N) is 1. The van der Waals surface area contributed by atoms with Crippen molar-refractivity contribution in [3.05, 3.63) is 28.8 Å². The molecule has 0 radical (unpaired) electrons. The van der Waals surface area contributed by atoms with E-state index in [1.54, 1.807) is 6.92 Å². The topological polar surface area (TPSA) is 58.4 Å². The lowest BCUT2D eigenvalue weighted by Gasteiger charge is -2.34. The number of benzene rings is 1. The highest BCUT2D eigenvalue weighted by Crippen LogP contribution is 2.47. The van der Waals surface area contributed by atoms with Gasteiger partial charge in [-0.3, -0.25) is 4.79 Å². The molecule has 124 valence electrons. The Morgan fingerprint density at radius 2 is 2.00 bits per heavy atom. The Bertz CT molecular complexity index is 545. The summed E-state index contributed by atoms with van der Waals surface area (Å²) in [5, 5.41) is 4.12. The van der Waals surface area contributed by atoms with Crippen molar-refractivity contribution in [1.29, 1.82) is 0 Å². The number of anilines is 1. The van der Waals surface area contributed by atoms with E-state index in [-0.39, 0.29) is 36.1 Å². The molecule has 1 atom stereocenters. The van der Waals surface area contributed by atoms with Crippen LogP contribution in [0.25, 0.3) is 0 Å². The van der Waals surface area contributed by atoms with Crippen LogP contribution in [-0.4, -0.2) is 31.6 Å². The number of carbonyl (C=O) groups is 1. The second-order valence-corrected chi connectivity index (χ2v) is 6.34. The van der Waals surface area contributed by atoms with Crippen LogP contribution in [0.3, 0.4) is 0 Å². The molecule has 0 unspecified atom stereocenters. The highest BCUT2D eigenvalue weighted by Gasteiger charge is 2.45. The summed E-state index contributed by atoms with van der Waals surface area (Å²) in [5.74, 6) is -0.0102. The largest absolute Gasteiger partial charge is 0.320 e. The standard InChI is InChI=1S/C15H20ClN3O.2ClH/c1-10(17)14(20)19-9-15(4-6-18-7-5-15)12-8-11(16)2-3-13(12)19;;/h2-3,8,10,18H,4-7,9,17H2,1H3;2*1H/t10-;;/m1../s1. The van der Waals surface area contributed by atoms with Gasteiger partial charge in [-0.1, -0.05) is 11.6 Å². The minimum absolute atomic E-state index is 0. The van der Waals surface area contributed by atoms with Gasteiger partial charge < -0.3 is 16.0 Å². The predicted octanol–water partition coefficient (Wildman–Crippen LogP) is 2.50. The van der Waals surface area contributed by atoms with Crippen LogP contribution in [0.2, 0.25) is 5.02 Å². The van der Waals surface area contributed by atoms with Crippen LogP contribution in [-0.2, 0) is 10.2 Å². The SMILES string of the molecule is C[C@@H](N)C(=O)N1CC2(CCNCC2)c2cc(Cl)ccc21.Cl.Cl. The predicted molar refractivity (Wildman–Crippen MR) is 95.7 cm³/mol. The molecule has 3 N–H and O–H groups in total. The summed E-state index contributed by atoms with van der Waals surface area (Å²) in [5.41, 5.74) is 8.02. The average Bonchev–Trinajstić information content (AvgIpc) is 2.73. The molecule has 1 aromatic carbocycles. The van der Waals surface area contributed by atoms with Crippen molar-refractivity contribution in [3.63, 3.8) is 0 Å². The van der Waals surface area contributed by atoms with Crippen LogP contribution in [0.4, 0.5) is 5.69 Å². The van der Waals surface area contributed by atoms with Crippen molar-refractivity contribution < 1.29 is 4.79 Å². The average molecular weight is 367 g/mol. The van der Waals surface area contributed by atoms with E-state index >= 15 is 0 Å². The Labute approximate surface area is 148 Å². The van der Waals surface area contributed by atoms with Gasteiger partial charge in [-0.2, -0.15) is 0 Å². The maximum atomic E-state index is 12.4. The molecule has 4 nitrogen and oxygen atoms in total. The first-order chi connectivity index (χ1) is 9.53. The van der Waals surface area contributed by atoms with Crippen LogP contribution >= 0.6 is 36.4 Å². The Kier molecular flexibility index (Phi) is 6.54. The fourth-order valence-electron chi connectivity index (χ4n) is 3.42. The molecule has 1 fully saturated rings. The first kappa shape index (κ1) is 19.5. The van der Waals surface area contributed by atoms with E-state index in [0.717, 1.165) is 43.2 Å². The Hall–Kier alpha value is -0.520. The van der Waals surface area contributed by atoms with Crippen molar-refractivity contribution in [1.82, 2.24) is 5.32 Å². The molecule has 22 heavy (non-hydrogen) atoms. The third kappa shape index (κ3) is 3.22. The molecule has 0 bridgehead atoms. The van der Waals surface area contributed by atoms with Gasteiger partial charge in [0.2, 0.25) is 5.91 Å². The molecule has 2 aliphatic heterocycles. The van der Waals surface area contributed by atoms with E-state index in [9.17, 15) is 4.79 Å². The van der Waals surface area contributed by atoms with E-state index in [1.807, 2.05) is 23.1 Å². The quantitative estimate of drug-likeness (QED) is 0.803. The molecule has 1 aromatic rings. The monoisotopic (exact) mass is 365 g/mol. The number of rotatable bonds is 1. The fraction of sp³-hybridized carbons (Fsp3) is 0.533. The molecule has 3 rings (SSSR count). The molecule has 0 saturated carbocycles. The third-order valence-corrected chi connectivity index (χ3v) is 4.73. The molecule has 0 aliphatic carbocycles. The minimum atomic E-state index is -0.476. The molecular formula is C15H22Cl3N3O. The number of halogens is 3. The van der Waals surface area contributed by atoms with Crippen molar-refractivity contribution in [2.45, 2.75) is 31.2 Å². The summed E-state index contributed by atoms with van der Waals surface area (Å²) in [4.78, 5) is 14.2. The van der Waals surface area contributed by atoms with Crippen LogP contribution < -0.4 is 16.0 Å². The minimum Gasteiger partial charge on any atom is -0.320 e. The summed E-state index contributed by atoms with van der Waals surface area (Å²) < 4.78 is 0. The van der Waals surface area contributed by atoms with Crippen LogP contribution in [0.1, 0.15) is 25.3 Å². The first-order valence-electron chi connectivity index (χ1n) is 7.11. The normalized spacial score (nSPS) is 19.9. The molecule has 1 saturated heterocycles. The Morgan fingerprint density at radius 1 is 1.36 bits per heavy atom. The molecule has 0 aromatic heterocycles. The van der Waals surface area contributed by atoms with Crippen LogP contribution in [0.5, 0.6) is 0 Å². The number of hydrogen-bond donors (Lipinski definition) is 2. The summed E-state index contributed by atoms with van der Waals surface area (Å²) in [6.07, 6.45) is 2.06. The Morgan fingerprint density at radius 3 is 2.59 bits per heavy atom. The van der Waals surface area contributed by atoms with Gasteiger partial charge in [0.1, 0.15) is 0 Å². The smallest absolute Gasteiger partial charge is 0.243 e. The summed E-state index contributed by atoms with van der Waals surface area (Å²) in [6.45, 7) is 4.42. The second-order valence-electron chi connectivity index (χ2n) is 5.90. The van der Waals surface area contributed by atoms with Gasteiger partial charge in [-0.25, -0.2) is 0 Å². The number of fused-ring (bicyclic) bond motifs is 2. The zero-order valence-electron chi connectivity index (χ0n) is 12.5. The van der Waals surface area contributed by atoms with E-state index in [4.69, 9.17) is 17.3 Å². The number of nitrogens with two attached hydrogens (primary N) is 1. The second kappa shape index (κ2) is 7.37. The van der Waals surface area contributed by atoms with Gasteiger partial charge in [0.05, 0.1) is 6.04 Å². The number of carbonyl (C=O) groups excluding carboxylic acids is 1. The summed E-state index contributed by atoms with van der Waals surface area (Å²) in [7, 11) is 0. The molecular weight excluding hydrogens is 345 g/mol. The van der Waals surface area contributed by atoms with E-state index in [0.29, 0.717) is 0 Å². The lowest BCUT2D eigenvalue weighted by atomic mass is 9.75. The van der Waals surface area contributed by atoms with E-state index in [1.165, 1.54) is 5.56 Å². The fourth-order valence-corrected chi connectivity index (χ4v) is 3.59. The maximum Gasteiger partial charge on any atom is 0.243 e. The molecule has 1 spiro atoms. The van der Waals surface area contributed by atoms with E-state index in [2.05, 4.69) is 5.32 Å². The molecule has 2 aliphatic rings. The van der Waals surface area contributed by atoms with Crippen molar-refractivity contribution in [2.75, 3.05) is 24.5 Å². The summed E-state index contributed by atoms with van der Waals surface area (Å²) in [6, 6.07) is 5.35. The van der Waals surface area contributed by atoms with Gasteiger partial charge in [0.25, 0.3) is 0 Å². The van der Waals surface area contributed by atoms with E-state index < -0.39 is 6.04 Å². The number of nitrogens with zero attached hydrogens (tertiary/aromatic N) is 1. The van der Waals surface area contributed by atoms with Gasteiger partial charge in [-0.05, 0) is 56.6 Å². The number of piperidine rings is 1. The van der Waals surface area contributed by atoms with Gasteiger partial charge >= 0.3 is 0 Å². The Balaban J connectivity index is 0.00000121. The summed E-state index contributed by atoms with van der Waals surface area (Å²) >= 11 is 6.17. The van der Waals surface area contributed by atoms with Crippen molar-refractivity contribution in [3.8, 4) is 0 Å². The first-order valence-corrected chi connectivity index (χ1v) is 7.49. The zero-order valence-corrected chi connectivity index (χ0v) is 14.9. The zero-order chi connectivity index (χ0) is 14.3. The van der Waals surface area contributed by atoms with Gasteiger partial charge in [0, 0.05) is 22.7 Å². The highest BCUT2D eigenvalue weighted by molar-refractivity contribution is 6.30. The van der Waals surface area contributed by atoms with Crippen molar-refractivity contribution >= 4 is 48.0 Å². The van der Waals surface area contributed by atoms with Crippen molar-refractivity contribution in [2.24, 2.45) is 5.73 Å². The lowest BCUT2D eigenvalue weighted by Crippen LogP contribution is -2.47. The molecule has 7 heteroatoms. The van der Waals surface area contributed by atoms with Crippen LogP contribution in [0, 0.1) is 0 Å². The third-order valence-electron chi connectivity index (χ3n) is 4.50. The molecule has 2 heterocycles. The number of amides is 1. The van der Waals surface area contributed by atoms with Gasteiger partial charge in [-0.15, -0.1) is 24.8 Å².